The molecule has 0 radical (unpaired) electrons. The molecule has 174 valence electrons. The van der Waals surface area contributed by atoms with Crippen molar-refractivity contribution in [1.29, 1.82) is 0 Å². The van der Waals surface area contributed by atoms with E-state index in [9.17, 15) is 14.4 Å². The fourth-order valence-corrected chi connectivity index (χ4v) is 3.67. The molecular formula is C27H31NO5. The van der Waals surface area contributed by atoms with Gasteiger partial charge in [-0.2, -0.15) is 0 Å². The second kappa shape index (κ2) is 11.8. The lowest BCUT2D eigenvalue weighted by molar-refractivity contribution is -0.132. The summed E-state index contributed by atoms with van der Waals surface area (Å²) in [4.78, 5) is 37.1. The van der Waals surface area contributed by atoms with E-state index in [-0.39, 0.29) is 17.8 Å². The van der Waals surface area contributed by atoms with E-state index in [1.165, 1.54) is 13.8 Å². The summed E-state index contributed by atoms with van der Waals surface area (Å²) in [7, 11) is 0. The molecule has 0 saturated carbocycles. The molecule has 0 N–H and O–H groups in total. The molecule has 0 fully saturated rings. The van der Waals surface area contributed by atoms with Gasteiger partial charge >= 0.3 is 11.9 Å². The Bertz CT molecular complexity index is 923. The molecule has 0 spiro atoms. The van der Waals surface area contributed by atoms with Crippen molar-refractivity contribution in [3.05, 3.63) is 85.0 Å². The van der Waals surface area contributed by atoms with Crippen LogP contribution in [0.15, 0.2) is 73.8 Å². The van der Waals surface area contributed by atoms with Crippen LogP contribution < -0.4 is 9.47 Å². The van der Waals surface area contributed by atoms with Crippen molar-refractivity contribution >= 4 is 17.8 Å². The van der Waals surface area contributed by atoms with Crippen molar-refractivity contribution in [2.24, 2.45) is 0 Å². The second-order valence-corrected chi connectivity index (χ2v) is 7.94. The first-order valence-electron chi connectivity index (χ1n) is 10.8. The van der Waals surface area contributed by atoms with Gasteiger partial charge < -0.3 is 14.4 Å². The topological polar surface area (TPSA) is 72.9 Å². The van der Waals surface area contributed by atoms with Crippen molar-refractivity contribution in [3.63, 3.8) is 0 Å². The Kier molecular flexibility index (Phi) is 9.16. The van der Waals surface area contributed by atoms with Crippen LogP contribution in [-0.4, -0.2) is 35.8 Å². The molecule has 0 aliphatic heterocycles. The monoisotopic (exact) mass is 449 g/mol. The highest BCUT2D eigenvalue weighted by Gasteiger charge is 2.30. The number of hydrogen-bond acceptors (Lipinski definition) is 5. The van der Waals surface area contributed by atoms with E-state index in [0.717, 1.165) is 11.1 Å². The maximum absolute atomic E-state index is 12.9. The summed E-state index contributed by atoms with van der Waals surface area (Å²) >= 11 is 0. The first kappa shape index (κ1) is 25.6. The van der Waals surface area contributed by atoms with Crippen LogP contribution in [0.5, 0.6) is 11.5 Å². The maximum Gasteiger partial charge on any atom is 0.308 e. The van der Waals surface area contributed by atoms with E-state index in [2.05, 4.69) is 20.1 Å². The minimum Gasteiger partial charge on any atom is -0.427 e. The molecule has 0 atom stereocenters. The summed E-state index contributed by atoms with van der Waals surface area (Å²) in [5, 5.41) is 0. The number of hydrogen-bond donors (Lipinski definition) is 0. The van der Waals surface area contributed by atoms with E-state index in [1.807, 2.05) is 24.3 Å². The third-order valence-electron chi connectivity index (χ3n) is 5.40. The molecule has 2 aromatic carbocycles. The number of benzene rings is 2. The van der Waals surface area contributed by atoms with Crippen molar-refractivity contribution in [3.8, 4) is 11.5 Å². The number of amides is 1. The maximum atomic E-state index is 12.9. The highest BCUT2D eigenvalue weighted by atomic mass is 16.5. The van der Waals surface area contributed by atoms with Gasteiger partial charge in [0.2, 0.25) is 5.91 Å². The van der Waals surface area contributed by atoms with Crippen LogP contribution in [-0.2, 0) is 19.8 Å². The Morgan fingerprint density at radius 3 is 1.55 bits per heavy atom. The van der Waals surface area contributed by atoms with Crippen molar-refractivity contribution in [1.82, 2.24) is 4.90 Å². The van der Waals surface area contributed by atoms with E-state index in [1.54, 1.807) is 41.3 Å². The molecular weight excluding hydrogens is 418 g/mol. The molecule has 6 heteroatoms. The van der Waals surface area contributed by atoms with E-state index >= 15 is 0 Å². The van der Waals surface area contributed by atoms with Crippen molar-refractivity contribution in [2.45, 2.75) is 39.0 Å². The SMILES string of the molecule is C=CCN(CC=C)C(=O)CCC(C)(c1ccc(OC(C)=O)cc1)c1ccc(OC(C)=O)cc1. The minimum absolute atomic E-state index is 0.00842. The lowest BCUT2D eigenvalue weighted by Gasteiger charge is -2.32. The van der Waals surface area contributed by atoms with Gasteiger partial charge in [0.05, 0.1) is 0 Å². The Morgan fingerprint density at radius 1 is 0.818 bits per heavy atom. The van der Waals surface area contributed by atoms with E-state index in [4.69, 9.17) is 9.47 Å². The third kappa shape index (κ3) is 7.17. The largest absolute Gasteiger partial charge is 0.427 e. The molecule has 0 aliphatic rings. The minimum atomic E-state index is -0.521. The zero-order valence-electron chi connectivity index (χ0n) is 19.5. The second-order valence-electron chi connectivity index (χ2n) is 7.94. The van der Waals surface area contributed by atoms with Crippen molar-refractivity contribution in [2.75, 3.05) is 13.1 Å². The van der Waals surface area contributed by atoms with Crippen LogP contribution in [0, 0.1) is 0 Å². The van der Waals surface area contributed by atoms with Gasteiger partial charge in [-0.3, -0.25) is 14.4 Å². The van der Waals surface area contributed by atoms with E-state index < -0.39 is 5.41 Å². The fourth-order valence-electron chi connectivity index (χ4n) is 3.67. The lowest BCUT2D eigenvalue weighted by Crippen LogP contribution is -2.33. The number of nitrogens with zero attached hydrogens (tertiary/aromatic N) is 1. The molecule has 0 bridgehead atoms. The quantitative estimate of drug-likeness (QED) is 0.279. The number of esters is 2. The van der Waals surface area contributed by atoms with Gasteiger partial charge in [0.15, 0.2) is 0 Å². The molecule has 0 aromatic heterocycles. The molecule has 2 rings (SSSR count). The highest BCUT2D eigenvalue weighted by molar-refractivity contribution is 5.77. The average Bonchev–Trinajstić information content (AvgIpc) is 2.77. The zero-order valence-corrected chi connectivity index (χ0v) is 19.5. The summed E-state index contributed by atoms with van der Waals surface area (Å²) in [6.45, 7) is 13.1. The number of carbonyl (C=O) groups is 3. The summed E-state index contributed by atoms with van der Waals surface area (Å²) in [5.74, 6) is 0.147. The molecule has 0 heterocycles. The molecule has 33 heavy (non-hydrogen) atoms. The van der Waals surface area contributed by atoms with Crippen LogP contribution in [0.25, 0.3) is 0 Å². The first-order chi connectivity index (χ1) is 15.7. The van der Waals surface area contributed by atoms with Gasteiger partial charge in [-0.05, 0) is 41.8 Å². The molecule has 0 saturated heterocycles. The van der Waals surface area contributed by atoms with Crippen LogP contribution >= 0.6 is 0 Å². The van der Waals surface area contributed by atoms with Crippen LogP contribution in [0.3, 0.4) is 0 Å². The summed E-state index contributed by atoms with van der Waals surface area (Å²) in [6, 6.07) is 14.6. The predicted octanol–water partition coefficient (Wildman–Crippen LogP) is 4.82. The standard InChI is InChI=1S/C27H31NO5/c1-6-18-28(19-7-2)26(31)16-17-27(5,22-8-12-24(13-9-22)32-20(3)29)23-10-14-25(15-11-23)33-21(4)30/h6-15H,1-2,16-19H2,3-5H3. The zero-order chi connectivity index (χ0) is 24.4. The van der Waals surface area contributed by atoms with Gasteiger partial charge in [0.1, 0.15) is 11.5 Å². The smallest absolute Gasteiger partial charge is 0.308 e. The highest BCUT2D eigenvalue weighted by Crippen LogP contribution is 2.38. The van der Waals surface area contributed by atoms with Crippen LogP contribution in [0.1, 0.15) is 44.7 Å². The predicted molar refractivity (Wildman–Crippen MR) is 128 cm³/mol. The van der Waals surface area contributed by atoms with Crippen LogP contribution in [0.2, 0.25) is 0 Å². The normalized spacial score (nSPS) is 10.8. The molecule has 2 aromatic rings. The lowest BCUT2D eigenvalue weighted by atomic mass is 9.73. The molecule has 1 amide bonds. The summed E-state index contributed by atoms with van der Waals surface area (Å²) < 4.78 is 10.3. The third-order valence-corrected chi connectivity index (χ3v) is 5.40. The Balaban J connectivity index is 2.37. The number of rotatable bonds is 11. The summed E-state index contributed by atoms with van der Waals surface area (Å²) in [6.07, 6.45) is 4.25. The van der Waals surface area contributed by atoms with E-state index in [0.29, 0.717) is 37.4 Å². The van der Waals surface area contributed by atoms with Crippen LogP contribution in [0.4, 0.5) is 0 Å². The van der Waals surface area contributed by atoms with Gasteiger partial charge in [0, 0.05) is 38.8 Å². The summed E-state index contributed by atoms with van der Waals surface area (Å²) in [5.41, 5.74) is 1.41. The first-order valence-corrected chi connectivity index (χ1v) is 10.8. The fraction of sp³-hybridized carbons (Fsp3) is 0.296. The van der Waals surface area contributed by atoms with Gasteiger partial charge in [0.25, 0.3) is 0 Å². The Labute approximate surface area is 195 Å². The molecule has 0 unspecified atom stereocenters. The number of carbonyl (C=O) groups excluding carboxylic acids is 3. The molecule has 0 aliphatic carbocycles. The van der Waals surface area contributed by atoms with Gasteiger partial charge in [-0.25, -0.2) is 0 Å². The molecule has 6 nitrogen and oxygen atoms in total. The van der Waals surface area contributed by atoms with Crippen molar-refractivity contribution < 1.29 is 23.9 Å². The Hall–Kier alpha value is -3.67. The Morgan fingerprint density at radius 2 is 1.21 bits per heavy atom. The average molecular weight is 450 g/mol. The number of ether oxygens (including phenoxy) is 2. The van der Waals surface area contributed by atoms with Gasteiger partial charge in [-0.15, -0.1) is 13.2 Å². The van der Waals surface area contributed by atoms with Gasteiger partial charge in [-0.1, -0.05) is 43.3 Å².